The molecule has 4 bridgehead atoms. The molecule has 1 aromatic rings. The number of hydrogen-bond acceptors (Lipinski definition) is 4. The number of carbonyl (C=O) groups excluding carboxylic acids is 2. The Morgan fingerprint density at radius 1 is 1.10 bits per heavy atom. The molecule has 0 saturated heterocycles. The number of nitrogens with zero attached hydrogens (tertiary/aromatic N) is 1. The topological polar surface area (TPSA) is 110 Å². The quantitative estimate of drug-likeness (QED) is 0.574. The van der Waals surface area contributed by atoms with Crippen molar-refractivity contribution in [3.05, 3.63) is 29.3 Å². The average molecular weight is 452 g/mol. The average Bonchev–Trinajstić information content (AvgIpc) is 3.47. The van der Waals surface area contributed by atoms with Crippen LogP contribution in [0, 0.1) is 23.2 Å². The van der Waals surface area contributed by atoms with Crippen LogP contribution in [-0.2, 0) is 20.5 Å². The van der Waals surface area contributed by atoms with Crippen LogP contribution in [0.15, 0.2) is 24.3 Å². The summed E-state index contributed by atoms with van der Waals surface area (Å²) in [6.07, 6.45) is 5.22. The van der Waals surface area contributed by atoms with Gasteiger partial charge in [0.05, 0.1) is 10.7 Å². The zero-order chi connectivity index (χ0) is 21.3. The number of primary amides is 1. The van der Waals surface area contributed by atoms with Crippen molar-refractivity contribution in [3.8, 4) is 0 Å². The number of carbonyl (C=O) groups is 2. The van der Waals surface area contributed by atoms with Gasteiger partial charge in [-0.2, -0.15) is 0 Å². The number of rotatable bonds is 6. The summed E-state index contributed by atoms with van der Waals surface area (Å²) in [4.78, 5) is 25.6. The van der Waals surface area contributed by atoms with Crippen molar-refractivity contribution in [3.63, 3.8) is 0 Å². The SMILES string of the molecule is NC(=O)C12CC3CC(C1)C(NC(=O)C1(N(c4ccccc4Cl)[SH](=O)=O)CC1)C(C3)C2. The van der Waals surface area contributed by atoms with Gasteiger partial charge >= 0.3 is 0 Å². The number of nitrogens with one attached hydrogen (secondary N) is 1. The van der Waals surface area contributed by atoms with Gasteiger partial charge in [-0.05, 0) is 74.8 Å². The van der Waals surface area contributed by atoms with Crippen molar-refractivity contribution < 1.29 is 18.0 Å². The van der Waals surface area contributed by atoms with Gasteiger partial charge in [-0.25, -0.2) is 8.42 Å². The molecular formula is C21H26ClN3O4S. The molecule has 2 atom stereocenters. The summed E-state index contributed by atoms with van der Waals surface area (Å²) in [6.45, 7) is 0. The van der Waals surface area contributed by atoms with E-state index in [2.05, 4.69) is 5.32 Å². The summed E-state index contributed by atoms with van der Waals surface area (Å²) in [5.41, 5.74) is 4.56. The van der Waals surface area contributed by atoms with Gasteiger partial charge in [-0.15, -0.1) is 0 Å². The third-order valence-corrected chi connectivity index (χ3v) is 9.13. The van der Waals surface area contributed by atoms with Crippen molar-refractivity contribution in [1.29, 1.82) is 0 Å². The van der Waals surface area contributed by atoms with Crippen molar-refractivity contribution in [2.75, 3.05) is 4.31 Å². The predicted octanol–water partition coefficient (Wildman–Crippen LogP) is 2.00. The van der Waals surface area contributed by atoms with Gasteiger partial charge in [0.15, 0.2) is 0 Å². The summed E-state index contributed by atoms with van der Waals surface area (Å²) in [7, 11) is -3.04. The Balaban J connectivity index is 1.39. The molecule has 30 heavy (non-hydrogen) atoms. The van der Waals surface area contributed by atoms with E-state index in [1.807, 2.05) is 0 Å². The van der Waals surface area contributed by atoms with Crippen molar-refractivity contribution >= 4 is 40.0 Å². The summed E-state index contributed by atoms with van der Waals surface area (Å²) in [5, 5.41) is 3.50. The van der Waals surface area contributed by atoms with Gasteiger partial charge in [-0.1, -0.05) is 23.7 Å². The summed E-state index contributed by atoms with van der Waals surface area (Å²) in [6, 6.07) is 6.65. The first-order valence-corrected chi connectivity index (χ1v) is 12.1. The van der Waals surface area contributed by atoms with Gasteiger partial charge < -0.3 is 11.1 Å². The molecule has 5 aliphatic carbocycles. The van der Waals surface area contributed by atoms with Crippen molar-refractivity contribution in [2.45, 2.75) is 56.5 Å². The number of thiol groups is 1. The minimum Gasteiger partial charge on any atom is -0.369 e. The number of nitrogens with two attached hydrogens (primary N) is 1. The normalized spacial score (nSPS) is 35.3. The van der Waals surface area contributed by atoms with E-state index in [4.69, 9.17) is 17.3 Å². The lowest BCUT2D eigenvalue weighted by atomic mass is 9.47. The molecular weight excluding hydrogens is 426 g/mol. The first-order chi connectivity index (χ1) is 14.3. The molecule has 0 spiro atoms. The van der Waals surface area contributed by atoms with Gasteiger partial charge in [0.25, 0.3) is 0 Å². The maximum atomic E-state index is 13.4. The first-order valence-electron chi connectivity index (χ1n) is 10.6. The monoisotopic (exact) mass is 451 g/mol. The molecule has 0 heterocycles. The van der Waals surface area contributed by atoms with Crippen LogP contribution in [0.1, 0.15) is 44.9 Å². The highest BCUT2D eigenvalue weighted by atomic mass is 35.5. The summed E-state index contributed by atoms with van der Waals surface area (Å²) >= 11 is 6.25. The second-order valence-corrected chi connectivity index (χ2v) is 10.9. The van der Waals surface area contributed by atoms with Gasteiger partial charge in [0, 0.05) is 11.5 Å². The Labute approximate surface area is 182 Å². The highest BCUT2D eigenvalue weighted by molar-refractivity contribution is 7.74. The van der Waals surface area contributed by atoms with Crippen LogP contribution in [0.4, 0.5) is 5.69 Å². The fourth-order valence-corrected chi connectivity index (χ4v) is 7.83. The van der Waals surface area contributed by atoms with Gasteiger partial charge in [0.2, 0.25) is 22.7 Å². The number of benzene rings is 1. The number of anilines is 1. The van der Waals surface area contributed by atoms with Crippen molar-refractivity contribution in [2.24, 2.45) is 28.9 Å². The smallest absolute Gasteiger partial charge is 0.247 e. The lowest BCUT2D eigenvalue weighted by Crippen LogP contribution is -2.64. The fraction of sp³-hybridized carbons (Fsp3) is 0.619. The first kappa shape index (κ1) is 20.1. The highest BCUT2D eigenvalue weighted by Crippen LogP contribution is 2.60. The molecule has 2 amide bonds. The van der Waals surface area contributed by atoms with Crippen LogP contribution < -0.4 is 15.4 Å². The third kappa shape index (κ3) is 2.94. The molecule has 0 aliphatic heterocycles. The van der Waals surface area contributed by atoms with Gasteiger partial charge in [-0.3, -0.25) is 13.9 Å². The van der Waals surface area contributed by atoms with E-state index in [1.165, 1.54) is 4.31 Å². The molecule has 5 aliphatic rings. The van der Waals surface area contributed by atoms with Crippen LogP contribution in [0.5, 0.6) is 0 Å². The lowest BCUT2D eigenvalue weighted by molar-refractivity contribution is -0.147. The number of para-hydroxylation sites is 1. The fourth-order valence-electron chi connectivity index (χ4n) is 6.60. The Morgan fingerprint density at radius 2 is 1.73 bits per heavy atom. The van der Waals surface area contributed by atoms with Crippen LogP contribution in [0.25, 0.3) is 0 Å². The molecule has 162 valence electrons. The van der Waals surface area contributed by atoms with Crippen LogP contribution >= 0.6 is 11.6 Å². The van der Waals surface area contributed by atoms with E-state index in [0.29, 0.717) is 29.5 Å². The minimum atomic E-state index is -3.04. The second-order valence-electron chi connectivity index (χ2n) is 9.65. The molecule has 0 aromatic heterocycles. The van der Waals surface area contributed by atoms with Crippen LogP contribution in [0.2, 0.25) is 5.02 Å². The molecule has 7 nitrogen and oxygen atoms in total. The third-order valence-electron chi connectivity index (χ3n) is 7.89. The summed E-state index contributed by atoms with van der Waals surface area (Å²) in [5.74, 6) is 0.469. The maximum absolute atomic E-state index is 13.4. The molecule has 0 radical (unpaired) electrons. The largest absolute Gasteiger partial charge is 0.369 e. The Morgan fingerprint density at radius 3 is 2.27 bits per heavy atom. The molecule has 5 saturated carbocycles. The minimum absolute atomic E-state index is 0.0309. The van der Waals surface area contributed by atoms with Crippen molar-refractivity contribution in [1.82, 2.24) is 5.32 Å². The van der Waals surface area contributed by atoms with E-state index in [9.17, 15) is 18.0 Å². The number of halogens is 1. The lowest BCUT2D eigenvalue weighted by Gasteiger charge is -2.59. The molecule has 9 heteroatoms. The zero-order valence-electron chi connectivity index (χ0n) is 16.6. The Bertz CT molecular complexity index is 968. The van der Waals surface area contributed by atoms with E-state index in [1.54, 1.807) is 24.3 Å². The van der Waals surface area contributed by atoms with Crippen LogP contribution in [-0.4, -0.2) is 31.8 Å². The maximum Gasteiger partial charge on any atom is 0.247 e. The van der Waals surface area contributed by atoms with E-state index in [-0.39, 0.29) is 29.7 Å². The van der Waals surface area contributed by atoms with E-state index in [0.717, 1.165) is 32.1 Å². The molecule has 1 aromatic carbocycles. The standard InChI is InChI=1S/C21H26ClN3O4S/c22-15-3-1-2-4-16(15)25(30(28)29)21(5-6-21)19(27)24-17-13-7-12-8-14(17)11-20(9-12,10-13)18(23)26/h1-4,12-14,17,30H,5-11H2,(H2,23,26)(H,24,27). The molecule has 6 rings (SSSR count). The second kappa shape index (κ2) is 6.85. The van der Waals surface area contributed by atoms with E-state index < -0.39 is 21.8 Å². The zero-order valence-corrected chi connectivity index (χ0v) is 18.2. The predicted molar refractivity (Wildman–Crippen MR) is 113 cm³/mol. The molecule has 2 unspecified atom stereocenters. The van der Waals surface area contributed by atoms with E-state index >= 15 is 0 Å². The number of amides is 2. The summed E-state index contributed by atoms with van der Waals surface area (Å²) < 4.78 is 25.5. The Hall–Kier alpha value is -1.80. The highest BCUT2D eigenvalue weighted by Gasteiger charge is 2.61. The van der Waals surface area contributed by atoms with Gasteiger partial charge in [0.1, 0.15) is 5.54 Å². The van der Waals surface area contributed by atoms with Crippen LogP contribution in [0.3, 0.4) is 0 Å². The number of hydrogen-bond donors (Lipinski definition) is 3. The molecule has 3 N–H and O–H groups in total. The molecule has 5 fully saturated rings. The Kier molecular flexibility index (Phi) is 4.60.